The zero-order valence-electron chi connectivity index (χ0n) is 14.2. The minimum Gasteiger partial charge on any atom is -0.334 e. The number of likely N-dealkylation sites (N-methyl/N-ethyl adjacent to an activating group) is 1. The lowest BCUT2D eigenvalue weighted by atomic mass is 9.88. The van der Waals surface area contributed by atoms with Gasteiger partial charge in [0.1, 0.15) is 0 Å². The van der Waals surface area contributed by atoms with Crippen LogP contribution >= 0.6 is 23.2 Å². The lowest BCUT2D eigenvalue weighted by Crippen LogP contribution is -2.53. The third-order valence-electron chi connectivity index (χ3n) is 4.65. The lowest BCUT2D eigenvalue weighted by Gasteiger charge is -2.43. The van der Waals surface area contributed by atoms with Crippen LogP contribution in [0.25, 0.3) is 0 Å². The molecule has 0 heterocycles. The zero-order valence-corrected chi connectivity index (χ0v) is 15.7. The molecule has 0 N–H and O–H groups in total. The van der Waals surface area contributed by atoms with E-state index in [1.165, 1.54) is 12.8 Å². The van der Waals surface area contributed by atoms with Crippen LogP contribution in [0.15, 0.2) is 18.2 Å². The van der Waals surface area contributed by atoms with Crippen molar-refractivity contribution in [2.75, 3.05) is 20.6 Å². The van der Waals surface area contributed by atoms with Gasteiger partial charge in [0.2, 0.25) is 0 Å². The Bertz CT molecular complexity index is 548. The fraction of sp³-hybridized carbons (Fsp3) is 0.611. The van der Waals surface area contributed by atoms with E-state index in [1.54, 1.807) is 18.2 Å². The van der Waals surface area contributed by atoms with E-state index >= 15 is 0 Å². The van der Waals surface area contributed by atoms with Crippen LogP contribution in [0.1, 0.15) is 49.4 Å². The van der Waals surface area contributed by atoms with Crippen molar-refractivity contribution < 1.29 is 4.79 Å². The predicted octanol–water partition coefficient (Wildman–Crippen LogP) is 4.72. The van der Waals surface area contributed by atoms with Crippen molar-refractivity contribution in [3.63, 3.8) is 0 Å². The topological polar surface area (TPSA) is 23.6 Å². The Kier molecular flexibility index (Phi) is 6.75. The van der Waals surface area contributed by atoms with E-state index in [-0.39, 0.29) is 11.9 Å². The standard InChI is InChI=1S/C18H26Cl2N2O/c1-4-11-22(17-8-6-5-7-16(17)21(2)3)18(23)13-9-10-14(19)15(20)12-13/h9-10,12,16-17H,4-8,11H2,1-3H3/t16-,17-/m1/s1. The Hall–Kier alpha value is -0.770. The maximum absolute atomic E-state index is 13.1. The predicted molar refractivity (Wildman–Crippen MR) is 97.5 cm³/mol. The second-order valence-electron chi connectivity index (χ2n) is 6.51. The average molecular weight is 357 g/mol. The Balaban J connectivity index is 2.28. The van der Waals surface area contributed by atoms with Crippen molar-refractivity contribution >= 4 is 29.1 Å². The molecule has 0 saturated heterocycles. The Morgan fingerprint density at radius 2 is 1.78 bits per heavy atom. The van der Waals surface area contributed by atoms with E-state index in [9.17, 15) is 4.79 Å². The maximum Gasteiger partial charge on any atom is 0.254 e. The van der Waals surface area contributed by atoms with Crippen molar-refractivity contribution in [1.29, 1.82) is 0 Å². The van der Waals surface area contributed by atoms with E-state index in [0.29, 0.717) is 21.7 Å². The first-order chi connectivity index (χ1) is 11.0. The summed E-state index contributed by atoms with van der Waals surface area (Å²) < 4.78 is 0. The molecule has 128 valence electrons. The molecule has 3 nitrogen and oxygen atoms in total. The number of nitrogens with zero attached hydrogens (tertiary/aromatic N) is 2. The normalized spacial score (nSPS) is 21.5. The highest BCUT2D eigenvalue weighted by Gasteiger charge is 2.34. The fourth-order valence-corrected chi connectivity index (χ4v) is 3.81. The van der Waals surface area contributed by atoms with Gasteiger partial charge in [0.05, 0.1) is 10.0 Å². The first kappa shape index (κ1) is 18.6. The van der Waals surface area contributed by atoms with Crippen molar-refractivity contribution in [1.82, 2.24) is 9.80 Å². The highest BCUT2D eigenvalue weighted by molar-refractivity contribution is 6.42. The number of benzene rings is 1. The molecule has 23 heavy (non-hydrogen) atoms. The van der Waals surface area contributed by atoms with Gasteiger partial charge in [0, 0.05) is 24.2 Å². The molecule has 0 unspecified atom stereocenters. The minimum atomic E-state index is 0.0594. The molecule has 1 saturated carbocycles. The number of halogens is 2. The second kappa shape index (κ2) is 8.36. The molecular weight excluding hydrogens is 331 g/mol. The lowest BCUT2D eigenvalue weighted by molar-refractivity contribution is 0.0460. The van der Waals surface area contributed by atoms with Crippen LogP contribution in [0, 0.1) is 0 Å². The van der Waals surface area contributed by atoms with Crippen LogP contribution in [0.4, 0.5) is 0 Å². The number of carbonyl (C=O) groups excluding carboxylic acids is 1. The van der Waals surface area contributed by atoms with Gasteiger partial charge in [-0.3, -0.25) is 4.79 Å². The Morgan fingerprint density at radius 3 is 2.35 bits per heavy atom. The molecule has 1 aromatic carbocycles. The highest BCUT2D eigenvalue weighted by Crippen LogP contribution is 2.29. The highest BCUT2D eigenvalue weighted by atomic mass is 35.5. The van der Waals surface area contributed by atoms with E-state index in [1.807, 2.05) is 4.90 Å². The number of hydrogen-bond acceptors (Lipinski definition) is 2. The summed E-state index contributed by atoms with van der Waals surface area (Å²) in [5.41, 5.74) is 0.621. The van der Waals surface area contributed by atoms with Crippen LogP contribution in [-0.2, 0) is 0 Å². The monoisotopic (exact) mass is 356 g/mol. The first-order valence-electron chi connectivity index (χ1n) is 8.38. The van der Waals surface area contributed by atoms with E-state index in [2.05, 4.69) is 25.9 Å². The van der Waals surface area contributed by atoms with Gasteiger partial charge in [-0.1, -0.05) is 43.0 Å². The first-order valence-corrected chi connectivity index (χ1v) is 9.13. The molecule has 1 aliphatic carbocycles. The van der Waals surface area contributed by atoms with E-state index < -0.39 is 0 Å². The Morgan fingerprint density at radius 1 is 1.13 bits per heavy atom. The number of hydrogen-bond donors (Lipinski definition) is 0. The van der Waals surface area contributed by atoms with E-state index in [0.717, 1.165) is 25.8 Å². The third kappa shape index (κ3) is 4.40. The van der Waals surface area contributed by atoms with Crippen LogP contribution < -0.4 is 0 Å². The molecule has 5 heteroatoms. The van der Waals surface area contributed by atoms with Crippen LogP contribution in [0.5, 0.6) is 0 Å². The molecule has 0 radical (unpaired) electrons. The summed E-state index contributed by atoms with van der Waals surface area (Å²) >= 11 is 12.1. The molecule has 0 aromatic heterocycles. The molecule has 1 aromatic rings. The molecule has 0 spiro atoms. The van der Waals surface area contributed by atoms with Crippen LogP contribution in [0.3, 0.4) is 0 Å². The summed E-state index contributed by atoms with van der Waals surface area (Å²) in [6.45, 7) is 2.89. The summed E-state index contributed by atoms with van der Waals surface area (Å²) in [5, 5.41) is 0.913. The molecule has 1 amide bonds. The number of amides is 1. The molecule has 0 bridgehead atoms. The van der Waals surface area contributed by atoms with Gasteiger partial charge in [-0.2, -0.15) is 0 Å². The van der Waals surface area contributed by atoms with Gasteiger partial charge in [-0.15, -0.1) is 0 Å². The van der Waals surface area contributed by atoms with Crippen molar-refractivity contribution in [2.45, 2.75) is 51.1 Å². The number of carbonyl (C=O) groups is 1. The van der Waals surface area contributed by atoms with Crippen LogP contribution in [0.2, 0.25) is 10.0 Å². The second-order valence-corrected chi connectivity index (χ2v) is 7.32. The molecular formula is C18H26Cl2N2O. The molecule has 2 rings (SSSR count). The summed E-state index contributed by atoms with van der Waals surface area (Å²) in [7, 11) is 4.22. The van der Waals surface area contributed by atoms with Crippen molar-refractivity contribution in [3.05, 3.63) is 33.8 Å². The summed E-state index contributed by atoms with van der Waals surface area (Å²) in [4.78, 5) is 17.4. The third-order valence-corrected chi connectivity index (χ3v) is 5.39. The molecule has 0 aliphatic heterocycles. The van der Waals surface area contributed by atoms with Gasteiger partial charge in [-0.25, -0.2) is 0 Å². The summed E-state index contributed by atoms with van der Waals surface area (Å²) in [6.07, 6.45) is 5.58. The largest absolute Gasteiger partial charge is 0.334 e. The van der Waals surface area contributed by atoms with Gasteiger partial charge in [0.25, 0.3) is 5.91 Å². The van der Waals surface area contributed by atoms with Gasteiger partial charge < -0.3 is 9.80 Å². The van der Waals surface area contributed by atoms with E-state index in [4.69, 9.17) is 23.2 Å². The molecule has 1 fully saturated rings. The Labute approximate surface area is 149 Å². The van der Waals surface area contributed by atoms with Crippen LogP contribution in [-0.4, -0.2) is 48.4 Å². The quantitative estimate of drug-likeness (QED) is 0.761. The molecule has 1 aliphatic rings. The SMILES string of the molecule is CCCN(C(=O)c1ccc(Cl)c(Cl)c1)[C@@H]1CCCC[C@H]1N(C)C. The number of rotatable bonds is 5. The minimum absolute atomic E-state index is 0.0594. The summed E-state index contributed by atoms with van der Waals surface area (Å²) in [6, 6.07) is 5.84. The van der Waals surface area contributed by atoms with Crippen molar-refractivity contribution in [2.24, 2.45) is 0 Å². The van der Waals surface area contributed by atoms with Gasteiger partial charge in [0.15, 0.2) is 0 Å². The van der Waals surface area contributed by atoms with Crippen molar-refractivity contribution in [3.8, 4) is 0 Å². The maximum atomic E-state index is 13.1. The fourth-order valence-electron chi connectivity index (χ4n) is 3.51. The summed E-state index contributed by atoms with van der Waals surface area (Å²) in [5.74, 6) is 0.0594. The van der Waals surface area contributed by atoms with Gasteiger partial charge in [-0.05, 0) is 51.6 Å². The average Bonchev–Trinajstić information content (AvgIpc) is 2.54. The molecule has 2 atom stereocenters. The van der Waals surface area contributed by atoms with Gasteiger partial charge >= 0.3 is 0 Å². The zero-order chi connectivity index (χ0) is 17.0. The smallest absolute Gasteiger partial charge is 0.254 e.